The molecule has 1 amide bonds. The van der Waals surface area contributed by atoms with Gasteiger partial charge in [0.2, 0.25) is 0 Å². The number of hydrogen-bond acceptors (Lipinski definition) is 5. The number of hydrogen-bond donors (Lipinski definition) is 2. The first-order chi connectivity index (χ1) is 12.0. The second kappa shape index (κ2) is 9.60. The lowest BCUT2D eigenvalue weighted by Gasteiger charge is -2.15. The second-order valence-corrected chi connectivity index (χ2v) is 6.14. The summed E-state index contributed by atoms with van der Waals surface area (Å²) in [4.78, 5) is 19.5. The normalized spacial score (nSPS) is 10.4. The Bertz CT molecular complexity index is 948. The van der Waals surface area contributed by atoms with E-state index in [2.05, 4.69) is 10.3 Å². The van der Waals surface area contributed by atoms with Crippen molar-refractivity contribution >= 4 is 58.2 Å². The van der Waals surface area contributed by atoms with Gasteiger partial charge in [0.15, 0.2) is 0 Å². The van der Waals surface area contributed by atoms with Gasteiger partial charge in [0.1, 0.15) is 11.3 Å². The molecule has 0 fully saturated rings. The highest BCUT2D eigenvalue weighted by Gasteiger charge is 2.19. The Balaban J connectivity index is 0.00000182. The summed E-state index contributed by atoms with van der Waals surface area (Å²) in [6.07, 6.45) is 0. The fourth-order valence-electron chi connectivity index (χ4n) is 2.84. The van der Waals surface area contributed by atoms with Crippen LogP contribution < -0.4 is 15.8 Å². The number of ether oxygens (including phenoxy) is 1. The number of pyridine rings is 1. The highest BCUT2D eigenvalue weighted by atomic mass is 35.5. The van der Waals surface area contributed by atoms with Gasteiger partial charge in [0, 0.05) is 23.9 Å². The van der Waals surface area contributed by atoms with E-state index in [1.54, 1.807) is 13.2 Å². The minimum absolute atomic E-state index is 0. The SMILES string of the molecule is COc1ccc2c(N)c3ccccc3nc2c1C(=O)NCCN(C)C.Cl.Cl. The maximum Gasteiger partial charge on any atom is 0.257 e. The number of amides is 1. The van der Waals surface area contributed by atoms with Gasteiger partial charge in [0.05, 0.1) is 23.8 Å². The molecule has 0 aliphatic heterocycles. The first-order valence-electron chi connectivity index (χ1n) is 8.10. The number of halogens is 2. The maximum atomic E-state index is 12.8. The number of rotatable bonds is 5. The quantitative estimate of drug-likeness (QED) is 0.631. The molecule has 0 radical (unpaired) electrons. The van der Waals surface area contributed by atoms with Gasteiger partial charge in [0.25, 0.3) is 5.91 Å². The number of nitrogens with one attached hydrogen (secondary N) is 1. The zero-order chi connectivity index (χ0) is 18.0. The van der Waals surface area contributed by atoms with Crippen LogP contribution in [0.15, 0.2) is 36.4 Å². The molecular weight excluding hydrogens is 387 g/mol. The third-order valence-corrected chi connectivity index (χ3v) is 4.15. The summed E-state index contributed by atoms with van der Waals surface area (Å²) in [6.45, 7) is 1.28. The molecule has 0 aliphatic carbocycles. The fourth-order valence-corrected chi connectivity index (χ4v) is 2.84. The number of nitrogens with two attached hydrogens (primary N) is 1. The van der Waals surface area contributed by atoms with E-state index in [9.17, 15) is 4.79 Å². The van der Waals surface area contributed by atoms with Crippen LogP contribution in [0.3, 0.4) is 0 Å². The number of likely N-dealkylation sites (N-methyl/N-ethyl adjacent to an activating group) is 1. The van der Waals surface area contributed by atoms with Crippen LogP contribution in [0.2, 0.25) is 0 Å². The van der Waals surface area contributed by atoms with Crippen molar-refractivity contribution in [3.8, 4) is 5.75 Å². The Morgan fingerprint density at radius 1 is 1.15 bits per heavy atom. The maximum absolute atomic E-state index is 12.8. The summed E-state index contributed by atoms with van der Waals surface area (Å²) in [6, 6.07) is 11.2. The third-order valence-electron chi connectivity index (χ3n) is 4.15. The van der Waals surface area contributed by atoms with Gasteiger partial charge in [-0.25, -0.2) is 4.98 Å². The minimum atomic E-state index is -0.216. The molecule has 3 rings (SSSR count). The van der Waals surface area contributed by atoms with Crippen LogP contribution >= 0.6 is 24.8 Å². The van der Waals surface area contributed by atoms with Crippen LogP contribution in [0.25, 0.3) is 21.8 Å². The number of fused-ring (bicyclic) bond motifs is 2. The van der Waals surface area contributed by atoms with E-state index >= 15 is 0 Å². The lowest BCUT2D eigenvalue weighted by atomic mass is 10.0. The Morgan fingerprint density at radius 2 is 1.85 bits per heavy atom. The molecule has 1 heterocycles. The monoisotopic (exact) mass is 410 g/mol. The highest BCUT2D eigenvalue weighted by Crippen LogP contribution is 2.33. The van der Waals surface area contributed by atoms with Crippen LogP contribution in [0, 0.1) is 0 Å². The zero-order valence-corrected chi connectivity index (χ0v) is 17.1. The van der Waals surface area contributed by atoms with E-state index in [1.165, 1.54) is 0 Å². The molecular formula is C19H24Cl2N4O2. The molecule has 27 heavy (non-hydrogen) atoms. The lowest BCUT2D eigenvalue weighted by Crippen LogP contribution is -2.31. The zero-order valence-electron chi connectivity index (χ0n) is 15.5. The number of nitrogens with zero attached hydrogens (tertiary/aromatic N) is 2. The Morgan fingerprint density at radius 3 is 2.52 bits per heavy atom. The number of aromatic nitrogens is 1. The van der Waals surface area contributed by atoms with Crippen molar-refractivity contribution in [3.05, 3.63) is 42.0 Å². The number of methoxy groups -OCH3 is 1. The molecule has 0 unspecified atom stereocenters. The molecule has 0 aliphatic rings. The van der Waals surface area contributed by atoms with Crippen molar-refractivity contribution < 1.29 is 9.53 Å². The first kappa shape index (κ1) is 22.8. The molecule has 0 spiro atoms. The number of para-hydroxylation sites is 1. The molecule has 0 saturated heterocycles. The predicted octanol–water partition coefficient (Wildman–Crippen LogP) is 3.11. The highest BCUT2D eigenvalue weighted by molar-refractivity contribution is 6.15. The van der Waals surface area contributed by atoms with E-state index < -0.39 is 0 Å². The van der Waals surface area contributed by atoms with Crippen LogP contribution in [0.5, 0.6) is 5.75 Å². The van der Waals surface area contributed by atoms with Gasteiger partial charge in [-0.2, -0.15) is 0 Å². The molecule has 0 bridgehead atoms. The van der Waals surface area contributed by atoms with Crippen LogP contribution in [-0.4, -0.2) is 50.1 Å². The predicted molar refractivity (Wildman–Crippen MR) is 116 cm³/mol. The van der Waals surface area contributed by atoms with E-state index in [-0.39, 0.29) is 30.7 Å². The largest absolute Gasteiger partial charge is 0.496 e. The number of anilines is 1. The Hall–Kier alpha value is -2.28. The van der Waals surface area contributed by atoms with Gasteiger partial charge in [-0.3, -0.25) is 4.79 Å². The van der Waals surface area contributed by atoms with Crippen molar-refractivity contribution in [2.45, 2.75) is 0 Å². The molecule has 146 valence electrons. The molecule has 3 N–H and O–H groups in total. The summed E-state index contributed by atoms with van der Waals surface area (Å²) in [5, 5.41) is 4.54. The Kier molecular flexibility index (Phi) is 8.09. The number of carbonyl (C=O) groups is 1. The summed E-state index contributed by atoms with van der Waals surface area (Å²) >= 11 is 0. The van der Waals surface area contributed by atoms with E-state index in [0.717, 1.165) is 22.8 Å². The van der Waals surface area contributed by atoms with E-state index in [1.807, 2.05) is 49.3 Å². The molecule has 0 saturated carbocycles. The van der Waals surface area contributed by atoms with Gasteiger partial charge in [-0.1, -0.05) is 18.2 Å². The molecule has 6 nitrogen and oxygen atoms in total. The van der Waals surface area contributed by atoms with Crippen molar-refractivity contribution in [1.29, 1.82) is 0 Å². The smallest absolute Gasteiger partial charge is 0.257 e. The summed E-state index contributed by atoms with van der Waals surface area (Å²) in [5.74, 6) is 0.267. The van der Waals surface area contributed by atoms with Crippen molar-refractivity contribution in [2.24, 2.45) is 0 Å². The first-order valence-corrected chi connectivity index (χ1v) is 8.10. The minimum Gasteiger partial charge on any atom is -0.496 e. The van der Waals surface area contributed by atoms with Gasteiger partial charge < -0.3 is 20.7 Å². The van der Waals surface area contributed by atoms with Crippen LogP contribution in [0.4, 0.5) is 5.69 Å². The molecule has 2 aromatic carbocycles. The third kappa shape index (κ3) is 4.53. The van der Waals surface area contributed by atoms with Gasteiger partial charge in [-0.05, 0) is 32.3 Å². The fraction of sp³-hybridized carbons (Fsp3) is 0.263. The standard InChI is InChI=1S/C19H22N4O2.2ClH/c1-23(2)11-10-21-19(24)16-15(25-3)9-8-13-17(20)12-6-4-5-7-14(12)22-18(13)16;;/h4-9H,10-11H2,1-3H3,(H2,20,22)(H,21,24);2*1H. The van der Waals surface area contributed by atoms with Crippen molar-refractivity contribution in [3.63, 3.8) is 0 Å². The number of carbonyl (C=O) groups excluding carboxylic acids is 1. The topological polar surface area (TPSA) is 80.5 Å². The summed E-state index contributed by atoms with van der Waals surface area (Å²) in [7, 11) is 5.46. The van der Waals surface area contributed by atoms with Gasteiger partial charge >= 0.3 is 0 Å². The summed E-state index contributed by atoms with van der Waals surface area (Å²) < 4.78 is 5.40. The van der Waals surface area contributed by atoms with Gasteiger partial charge in [-0.15, -0.1) is 24.8 Å². The van der Waals surface area contributed by atoms with Crippen LogP contribution in [-0.2, 0) is 0 Å². The van der Waals surface area contributed by atoms with Crippen LogP contribution in [0.1, 0.15) is 10.4 Å². The average molecular weight is 411 g/mol. The summed E-state index contributed by atoms with van der Waals surface area (Å²) in [5.41, 5.74) is 8.67. The number of benzene rings is 2. The van der Waals surface area contributed by atoms with Crippen molar-refractivity contribution in [1.82, 2.24) is 15.2 Å². The Labute approximate surface area is 170 Å². The molecule has 1 aromatic heterocycles. The lowest BCUT2D eigenvalue weighted by molar-refractivity contribution is 0.0949. The molecule has 3 aromatic rings. The average Bonchev–Trinajstić information content (AvgIpc) is 2.60. The molecule has 0 atom stereocenters. The number of nitrogen functional groups attached to an aromatic ring is 1. The van der Waals surface area contributed by atoms with E-state index in [4.69, 9.17) is 10.5 Å². The van der Waals surface area contributed by atoms with Crippen molar-refractivity contribution in [2.75, 3.05) is 40.0 Å². The molecule has 8 heteroatoms. The second-order valence-electron chi connectivity index (χ2n) is 6.14. The van der Waals surface area contributed by atoms with E-state index in [0.29, 0.717) is 29.1 Å².